The molecule has 1 saturated carbocycles. The number of carbonyl (C=O) groups is 1. The fourth-order valence-corrected chi connectivity index (χ4v) is 3.73. The molecule has 2 aromatic rings. The zero-order valence-electron chi connectivity index (χ0n) is 14.4. The van der Waals surface area contributed by atoms with Crippen LogP contribution in [-0.4, -0.2) is 18.0 Å². The third-order valence-corrected chi connectivity index (χ3v) is 5.16. The Morgan fingerprint density at radius 2 is 1.96 bits per heavy atom. The molecular formula is C21H23FO3. The lowest BCUT2D eigenvalue weighted by molar-refractivity contribution is 0.111. The van der Waals surface area contributed by atoms with E-state index in [1.165, 1.54) is 6.07 Å². The van der Waals surface area contributed by atoms with E-state index in [1.54, 1.807) is 25.1 Å². The number of rotatable bonds is 5. The van der Waals surface area contributed by atoms with E-state index in [2.05, 4.69) is 0 Å². The molecule has 1 aliphatic carbocycles. The Labute approximate surface area is 147 Å². The van der Waals surface area contributed by atoms with Crippen LogP contribution in [0.4, 0.5) is 4.39 Å². The molecule has 2 unspecified atom stereocenters. The van der Waals surface area contributed by atoms with E-state index >= 15 is 0 Å². The summed E-state index contributed by atoms with van der Waals surface area (Å²) in [7, 11) is 0. The third kappa shape index (κ3) is 3.68. The molecule has 1 aliphatic rings. The number of hydrogen-bond acceptors (Lipinski definition) is 3. The van der Waals surface area contributed by atoms with Crippen molar-refractivity contribution in [1.82, 2.24) is 0 Å². The predicted octanol–water partition coefficient (Wildman–Crippen LogP) is 5.01. The van der Waals surface area contributed by atoms with Crippen molar-refractivity contribution in [2.24, 2.45) is 5.92 Å². The van der Waals surface area contributed by atoms with E-state index in [0.29, 0.717) is 24.2 Å². The van der Waals surface area contributed by atoms with Gasteiger partial charge in [-0.25, -0.2) is 4.39 Å². The van der Waals surface area contributed by atoms with Gasteiger partial charge in [-0.05, 0) is 54.9 Å². The van der Waals surface area contributed by atoms with E-state index < -0.39 is 0 Å². The maximum absolute atomic E-state index is 14.2. The second-order valence-electron chi connectivity index (χ2n) is 6.74. The number of aldehydes is 1. The van der Waals surface area contributed by atoms with Gasteiger partial charge in [0.15, 0.2) is 6.29 Å². The number of aryl methyl sites for hydroxylation is 1. The molecule has 0 aromatic heterocycles. The SMILES string of the molecule is Cc1ccc(OCC2CCCCC2c2ccccc2F)c(C=O)c1O. The zero-order valence-corrected chi connectivity index (χ0v) is 14.4. The first kappa shape index (κ1) is 17.5. The third-order valence-electron chi connectivity index (χ3n) is 5.16. The standard InChI is InChI=1S/C21H23FO3/c1-14-10-11-20(18(12-23)21(14)24)25-13-15-6-2-3-7-16(15)17-8-4-5-9-19(17)22/h4-5,8-12,15-16,24H,2-3,6-7,13H2,1H3. The van der Waals surface area contributed by atoms with Crippen molar-refractivity contribution in [3.8, 4) is 11.5 Å². The first-order valence-corrected chi connectivity index (χ1v) is 8.76. The van der Waals surface area contributed by atoms with Gasteiger partial charge >= 0.3 is 0 Å². The molecule has 0 heterocycles. The van der Waals surface area contributed by atoms with Crippen LogP contribution >= 0.6 is 0 Å². The quantitative estimate of drug-likeness (QED) is 0.777. The Morgan fingerprint density at radius 1 is 1.20 bits per heavy atom. The molecule has 2 atom stereocenters. The lowest BCUT2D eigenvalue weighted by atomic mass is 9.75. The van der Waals surface area contributed by atoms with Crippen LogP contribution in [0.15, 0.2) is 36.4 Å². The summed E-state index contributed by atoms with van der Waals surface area (Å²) in [4.78, 5) is 11.3. The monoisotopic (exact) mass is 342 g/mol. The summed E-state index contributed by atoms with van der Waals surface area (Å²) >= 11 is 0. The molecule has 0 saturated heterocycles. The number of aromatic hydroxyl groups is 1. The molecule has 3 rings (SSSR count). The molecule has 1 N–H and O–H groups in total. The van der Waals surface area contributed by atoms with Crippen molar-refractivity contribution in [2.75, 3.05) is 6.61 Å². The topological polar surface area (TPSA) is 46.5 Å². The lowest BCUT2D eigenvalue weighted by Gasteiger charge is -2.32. The smallest absolute Gasteiger partial charge is 0.157 e. The van der Waals surface area contributed by atoms with Crippen LogP contribution in [0.3, 0.4) is 0 Å². The van der Waals surface area contributed by atoms with Crippen LogP contribution in [0.1, 0.15) is 53.1 Å². The fourth-order valence-electron chi connectivity index (χ4n) is 3.73. The van der Waals surface area contributed by atoms with Crippen LogP contribution in [0.5, 0.6) is 11.5 Å². The minimum atomic E-state index is -0.166. The minimum absolute atomic E-state index is 0.0400. The Balaban J connectivity index is 1.78. The molecule has 3 nitrogen and oxygen atoms in total. The second-order valence-corrected chi connectivity index (χ2v) is 6.74. The average Bonchev–Trinajstić information content (AvgIpc) is 2.63. The number of ether oxygens (including phenoxy) is 1. The molecule has 0 amide bonds. The highest BCUT2D eigenvalue weighted by atomic mass is 19.1. The molecule has 0 radical (unpaired) electrons. The highest BCUT2D eigenvalue weighted by Gasteiger charge is 2.29. The van der Waals surface area contributed by atoms with Gasteiger partial charge in [0.2, 0.25) is 0 Å². The number of hydrogen-bond donors (Lipinski definition) is 1. The van der Waals surface area contributed by atoms with Crippen LogP contribution < -0.4 is 4.74 Å². The summed E-state index contributed by atoms with van der Waals surface area (Å²) in [5.41, 5.74) is 1.56. The molecule has 0 bridgehead atoms. The maximum atomic E-state index is 14.2. The zero-order chi connectivity index (χ0) is 17.8. The van der Waals surface area contributed by atoms with Gasteiger partial charge in [0, 0.05) is 0 Å². The van der Waals surface area contributed by atoms with E-state index in [1.807, 2.05) is 12.1 Å². The number of benzene rings is 2. The molecular weight excluding hydrogens is 319 g/mol. The van der Waals surface area contributed by atoms with Crippen LogP contribution in [-0.2, 0) is 0 Å². The van der Waals surface area contributed by atoms with Crippen molar-refractivity contribution >= 4 is 6.29 Å². The van der Waals surface area contributed by atoms with Crippen molar-refractivity contribution in [1.29, 1.82) is 0 Å². The molecule has 25 heavy (non-hydrogen) atoms. The summed E-state index contributed by atoms with van der Waals surface area (Å²) in [6, 6.07) is 10.4. The molecule has 0 spiro atoms. The highest BCUT2D eigenvalue weighted by Crippen LogP contribution is 2.39. The number of phenols is 1. The van der Waals surface area contributed by atoms with Crippen LogP contribution in [0, 0.1) is 18.7 Å². The average molecular weight is 342 g/mol. The summed E-state index contributed by atoms with van der Waals surface area (Å²) < 4.78 is 20.1. The Hall–Kier alpha value is -2.36. The van der Waals surface area contributed by atoms with E-state index in [-0.39, 0.29) is 29.0 Å². The van der Waals surface area contributed by atoms with Gasteiger partial charge in [-0.15, -0.1) is 0 Å². The summed E-state index contributed by atoms with van der Waals surface area (Å²) in [6.07, 6.45) is 4.70. The van der Waals surface area contributed by atoms with E-state index in [0.717, 1.165) is 31.2 Å². The van der Waals surface area contributed by atoms with E-state index in [9.17, 15) is 14.3 Å². The highest BCUT2D eigenvalue weighted by molar-refractivity contribution is 5.84. The van der Waals surface area contributed by atoms with Gasteiger partial charge in [0.25, 0.3) is 0 Å². The summed E-state index contributed by atoms with van der Waals surface area (Å²) in [5, 5.41) is 10.0. The summed E-state index contributed by atoms with van der Waals surface area (Å²) in [6.45, 7) is 2.14. The predicted molar refractivity (Wildman–Crippen MR) is 94.8 cm³/mol. The Morgan fingerprint density at radius 3 is 2.72 bits per heavy atom. The van der Waals surface area contributed by atoms with Crippen molar-refractivity contribution < 1.29 is 19.0 Å². The van der Waals surface area contributed by atoms with Gasteiger partial charge in [-0.1, -0.05) is 37.1 Å². The lowest BCUT2D eigenvalue weighted by Crippen LogP contribution is -2.24. The molecule has 0 aliphatic heterocycles. The van der Waals surface area contributed by atoms with Crippen molar-refractivity contribution in [3.05, 3.63) is 58.9 Å². The number of carbonyl (C=O) groups excluding carboxylic acids is 1. The van der Waals surface area contributed by atoms with Crippen molar-refractivity contribution in [3.63, 3.8) is 0 Å². The van der Waals surface area contributed by atoms with Crippen LogP contribution in [0.2, 0.25) is 0 Å². The Bertz CT molecular complexity index is 757. The van der Waals surface area contributed by atoms with E-state index in [4.69, 9.17) is 4.74 Å². The largest absolute Gasteiger partial charge is 0.507 e. The van der Waals surface area contributed by atoms with Gasteiger partial charge < -0.3 is 9.84 Å². The van der Waals surface area contributed by atoms with Crippen molar-refractivity contribution in [2.45, 2.75) is 38.5 Å². The molecule has 2 aromatic carbocycles. The molecule has 4 heteroatoms. The Kier molecular flexibility index (Phi) is 5.37. The van der Waals surface area contributed by atoms with Crippen LogP contribution in [0.25, 0.3) is 0 Å². The maximum Gasteiger partial charge on any atom is 0.157 e. The molecule has 1 fully saturated rings. The first-order chi connectivity index (χ1) is 12.1. The normalized spacial score (nSPS) is 20.2. The minimum Gasteiger partial charge on any atom is -0.507 e. The van der Waals surface area contributed by atoms with Gasteiger partial charge in [-0.3, -0.25) is 4.79 Å². The second kappa shape index (κ2) is 7.68. The number of halogens is 1. The first-order valence-electron chi connectivity index (χ1n) is 8.76. The fraction of sp³-hybridized carbons (Fsp3) is 0.381. The molecule has 132 valence electrons. The van der Waals surface area contributed by atoms with Gasteiger partial charge in [-0.2, -0.15) is 0 Å². The summed E-state index contributed by atoms with van der Waals surface area (Å²) in [5.74, 6) is 0.487. The van der Waals surface area contributed by atoms with Gasteiger partial charge in [0.05, 0.1) is 12.2 Å². The van der Waals surface area contributed by atoms with Gasteiger partial charge in [0.1, 0.15) is 17.3 Å². The number of phenolic OH excluding ortho intramolecular Hbond substituents is 1.